The quantitative estimate of drug-likeness (QED) is 0.675. The summed E-state index contributed by atoms with van der Waals surface area (Å²) in [5.41, 5.74) is 8.87. The second-order valence-corrected chi connectivity index (χ2v) is 6.41. The van der Waals surface area contributed by atoms with Gasteiger partial charge in [-0.05, 0) is 42.7 Å². The lowest BCUT2D eigenvalue weighted by atomic mass is 10.1. The highest BCUT2D eigenvalue weighted by Crippen LogP contribution is 2.18. The molecule has 1 amide bonds. The maximum Gasteiger partial charge on any atom is 0.241 e. The summed E-state index contributed by atoms with van der Waals surface area (Å²) >= 11 is 0. The Kier molecular flexibility index (Phi) is 5.88. The van der Waals surface area contributed by atoms with E-state index in [4.69, 9.17) is 10.5 Å². The van der Waals surface area contributed by atoms with Crippen LogP contribution in [-0.2, 0) is 17.8 Å². The Morgan fingerprint density at radius 1 is 1.22 bits per heavy atom. The maximum absolute atomic E-state index is 12.6. The fourth-order valence-corrected chi connectivity index (χ4v) is 2.87. The first-order valence-corrected chi connectivity index (χ1v) is 8.82. The zero-order valence-electron chi connectivity index (χ0n) is 15.6. The Labute approximate surface area is 159 Å². The van der Waals surface area contributed by atoms with Gasteiger partial charge in [-0.2, -0.15) is 0 Å². The zero-order valence-corrected chi connectivity index (χ0v) is 15.6. The molecule has 27 heavy (non-hydrogen) atoms. The summed E-state index contributed by atoms with van der Waals surface area (Å²) < 4.78 is 7.18. The van der Waals surface area contributed by atoms with E-state index in [1.807, 2.05) is 66.2 Å². The van der Waals surface area contributed by atoms with E-state index in [0.29, 0.717) is 13.0 Å². The van der Waals surface area contributed by atoms with E-state index in [1.165, 1.54) is 0 Å². The molecular weight excluding hydrogens is 340 g/mol. The number of ether oxygens (including phenoxy) is 1. The van der Waals surface area contributed by atoms with Crippen molar-refractivity contribution in [1.82, 2.24) is 9.55 Å². The van der Waals surface area contributed by atoms with Gasteiger partial charge < -0.3 is 20.4 Å². The topological polar surface area (TPSA) is 82.2 Å². The smallest absolute Gasteiger partial charge is 0.241 e. The SMILES string of the molecule is COc1ccc(C[C@H](N)C(=O)Nc2ccccc2Cn2ccnc2C)cc1. The molecule has 1 aromatic heterocycles. The molecule has 0 radical (unpaired) electrons. The number of benzene rings is 2. The number of nitrogens with one attached hydrogen (secondary N) is 1. The standard InChI is InChI=1S/C21H24N4O2/c1-15-23-11-12-25(15)14-17-5-3-4-6-20(17)24-21(26)19(22)13-16-7-9-18(27-2)10-8-16/h3-12,19H,13-14,22H2,1-2H3,(H,24,26)/t19-/m0/s1. The van der Waals surface area contributed by atoms with Crippen molar-refractivity contribution < 1.29 is 9.53 Å². The van der Waals surface area contributed by atoms with Crippen molar-refractivity contribution in [3.05, 3.63) is 77.9 Å². The molecule has 0 aliphatic rings. The minimum atomic E-state index is -0.638. The molecule has 0 bridgehead atoms. The number of aromatic nitrogens is 2. The molecule has 6 nitrogen and oxygen atoms in total. The van der Waals surface area contributed by atoms with E-state index >= 15 is 0 Å². The molecule has 0 unspecified atom stereocenters. The summed E-state index contributed by atoms with van der Waals surface area (Å²) in [6.07, 6.45) is 4.14. The number of amides is 1. The van der Waals surface area contributed by atoms with Gasteiger partial charge in [0.2, 0.25) is 5.91 Å². The number of carbonyl (C=O) groups excluding carboxylic acids is 1. The largest absolute Gasteiger partial charge is 0.497 e. The third-order valence-electron chi connectivity index (χ3n) is 4.49. The zero-order chi connectivity index (χ0) is 19.2. The van der Waals surface area contributed by atoms with Crippen molar-refractivity contribution in [2.75, 3.05) is 12.4 Å². The van der Waals surface area contributed by atoms with Crippen LogP contribution in [0.3, 0.4) is 0 Å². The molecule has 140 valence electrons. The fraction of sp³-hybridized carbons (Fsp3) is 0.238. The van der Waals surface area contributed by atoms with Crippen LogP contribution in [0.5, 0.6) is 5.75 Å². The lowest BCUT2D eigenvalue weighted by Gasteiger charge is -2.16. The molecule has 0 aliphatic carbocycles. The number of rotatable bonds is 7. The van der Waals surface area contributed by atoms with Gasteiger partial charge >= 0.3 is 0 Å². The molecular formula is C21H24N4O2. The molecule has 3 aromatic rings. The highest BCUT2D eigenvalue weighted by Gasteiger charge is 2.16. The van der Waals surface area contributed by atoms with E-state index in [9.17, 15) is 4.79 Å². The van der Waals surface area contributed by atoms with Gasteiger partial charge in [-0.15, -0.1) is 0 Å². The Hall–Kier alpha value is -3.12. The van der Waals surface area contributed by atoms with Crippen LogP contribution >= 0.6 is 0 Å². The number of imidazole rings is 1. The average Bonchev–Trinajstić information content (AvgIpc) is 3.08. The van der Waals surface area contributed by atoms with Crippen LogP contribution in [0.2, 0.25) is 0 Å². The maximum atomic E-state index is 12.6. The van der Waals surface area contributed by atoms with Gasteiger partial charge in [0.05, 0.1) is 19.7 Å². The molecule has 0 aliphatic heterocycles. The highest BCUT2D eigenvalue weighted by atomic mass is 16.5. The first-order valence-electron chi connectivity index (χ1n) is 8.82. The number of para-hydroxylation sites is 1. The van der Waals surface area contributed by atoms with Gasteiger partial charge in [-0.25, -0.2) is 4.98 Å². The number of hydrogen-bond acceptors (Lipinski definition) is 4. The average molecular weight is 364 g/mol. The first kappa shape index (κ1) is 18.7. The van der Waals surface area contributed by atoms with Crippen LogP contribution in [0.25, 0.3) is 0 Å². The van der Waals surface area contributed by atoms with Crippen molar-refractivity contribution in [3.63, 3.8) is 0 Å². The molecule has 3 rings (SSSR count). The molecule has 0 saturated heterocycles. The van der Waals surface area contributed by atoms with Gasteiger partial charge in [-0.1, -0.05) is 30.3 Å². The molecule has 1 heterocycles. The highest BCUT2D eigenvalue weighted by molar-refractivity contribution is 5.95. The van der Waals surface area contributed by atoms with Crippen LogP contribution in [0.15, 0.2) is 60.9 Å². The summed E-state index contributed by atoms with van der Waals surface area (Å²) in [7, 11) is 1.62. The Bertz CT molecular complexity index is 903. The summed E-state index contributed by atoms with van der Waals surface area (Å²) in [4.78, 5) is 16.8. The predicted octanol–water partition coefficient (Wildman–Crippen LogP) is 2.76. The summed E-state index contributed by atoms with van der Waals surface area (Å²) in [6, 6.07) is 14.7. The normalized spacial score (nSPS) is 11.8. The monoisotopic (exact) mass is 364 g/mol. The molecule has 0 saturated carbocycles. The van der Waals surface area contributed by atoms with E-state index in [0.717, 1.165) is 28.4 Å². The molecule has 0 fully saturated rings. The second-order valence-electron chi connectivity index (χ2n) is 6.41. The number of nitrogens with zero attached hydrogens (tertiary/aromatic N) is 2. The molecule has 0 spiro atoms. The first-order chi connectivity index (χ1) is 13.1. The third kappa shape index (κ3) is 4.74. The summed E-state index contributed by atoms with van der Waals surface area (Å²) in [5, 5.41) is 2.96. The minimum absolute atomic E-state index is 0.208. The Morgan fingerprint density at radius 2 is 1.96 bits per heavy atom. The number of nitrogens with two attached hydrogens (primary N) is 1. The molecule has 3 N–H and O–H groups in total. The number of carbonyl (C=O) groups is 1. The van der Waals surface area contributed by atoms with Gasteiger partial charge in [0.15, 0.2) is 0 Å². The Balaban J connectivity index is 1.67. The van der Waals surface area contributed by atoms with E-state index in [1.54, 1.807) is 13.3 Å². The lowest BCUT2D eigenvalue weighted by Crippen LogP contribution is -2.37. The second kappa shape index (κ2) is 8.51. The van der Waals surface area contributed by atoms with E-state index in [2.05, 4.69) is 10.3 Å². The van der Waals surface area contributed by atoms with Crippen LogP contribution in [0, 0.1) is 6.92 Å². The number of hydrogen-bond donors (Lipinski definition) is 2. The fourth-order valence-electron chi connectivity index (χ4n) is 2.87. The van der Waals surface area contributed by atoms with Crippen LogP contribution in [0.1, 0.15) is 17.0 Å². The van der Waals surface area contributed by atoms with Crippen molar-refractivity contribution in [2.45, 2.75) is 25.9 Å². The Morgan fingerprint density at radius 3 is 2.63 bits per heavy atom. The van der Waals surface area contributed by atoms with Gasteiger partial charge in [0, 0.05) is 18.1 Å². The minimum Gasteiger partial charge on any atom is -0.497 e. The lowest BCUT2D eigenvalue weighted by molar-refractivity contribution is -0.117. The van der Waals surface area contributed by atoms with Gasteiger partial charge in [0.1, 0.15) is 11.6 Å². The third-order valence-corrected chi connectivity index (χ3v) is 4.49. The molecule has 1 atom stereocenters. The number of aryl methyl sites for hydroxylation is 1. The number of anilines is 1. The van der Waals surface area contributed by atoms with Crippen molar-refractivity contribution in [1.29, 1.82) is 0 Å². The van der Waals surface area contributed by atoms with E-state index < -0.39 is 6.04 Å². The summed E-state index contributed by atoms with van der Waals surface area (Å²) in [5.74, 6) is 1.49. The number of methoxy groups -OCH3 is 1. The predicted molar refractivity (Wildman–Crippen MR) is 106 cm³/mol. The van der Waals surface area contributed by atoms with Crippen LogP contribution < -0.4 is 15.8 Å². The van der Waals surface area contributed by atoms with E-state index in [-0.39, 0.29) is 5.91 Å². The van der Waals surface area contributed by atoms with Crippen molar-refractivity contribution in [3.8, 4) is 5.75 Å². The van der Waals surface area contributed by atoms with Gasteiger partial charge in [-0.3, -0.25) is 4.79 Å². The van der Waals surface area contributed by atoms with Gasteiger partial charge in [0.25, 0.3) is 0 Å². The molecule has 2 aromatic carbocycles. The van der Waals surface area contributed by atoms with Crippen molar-refractivity contribution >= 4 is 11.6 Å². The van der Waals surface area contributed by atoms with Crippen LogP contribution in [-0.4, -0.2) is 28.6 Å². The summed E-state index contributed by atoms with van der Waals surface area (Å²) in [6.45, 7) is 2.59. The van der Waals surface area contributed by atoms with Crippen LogP contribution in [0.4, 0.5) is 5.69 Å². The molecule has 6 heteroatoms. The van der Waals surface area contributed by atoms with Crippen molar-refractivity contribution in [2.24, 2.45) is 5.73 Å².